The highest BCUT2D eigenvalue weighted by atomic mass is 19.2. The van der Waals surface area contributed by atoms with Crippen LogP contribution < -0.4 is 10.5 Å². The van der Waals surface area contributed by atoms with Crippen molar-refractivity contribution in [3.63, 3.8) is 0 Å². The van der Waals surface area contributed by atoms with Crippen molar-refractivity contribution in [2.45, 2.75) is 19.6 Å². The zero-order valence-corrected chi connectivity index (χ0v) is 10.9. The van der Waals surface area contributed by atoms with Gasteiger partial charge in [0.1, 0.15) is 18.2 Å². The first-order valence-corrected chi connectivity index (χ1v) is 6.09. The molecule has 20 heavy (non-hydrogen) atoms. The van der Waals surface area contributed by atoms with Gasteiger partial charge in [-0.05, 0) is 30.7 Å². The van der Waals surface area contributed by atoms with Crippen molar-refractivity contribution >= 4 is 0 Å². The minimum Gasteiger partial charge on any atom is -0.489 e. The summed E-state index contributed by atoms with van der Waals surface area (Å²) in [6.07, 6.45) is 0. The summed E-state index contributed by atoms with van der Waals surface area (Å²) in [5.74, 6) is -2.01. The van der Waals surface area contributed by atoms with E-state index in [1.807, 2.05) is 0 Å². The Morgan fingerprint density at radius 3 is 2.35 bits per heavy atom. The molecule has 1 atom stereocenters. The molecule has 0 heterocycles. The third-order valence-electron chi connectivity index (χ3n) is 2.85. The van der Waals surface area contributed by atoms with Crippen LogP contribution in [0.25, 0.3) is 0 Å². The summed E-state index contributed by atoms with van der Waals surface area (Å²) in [5.41, 5.74) is 6.45. The molecular weight excluding hydrogens is 267 g/mol. The lowest BCUT2D eigenvalue weighted by molar-refractivity contribution is 0.303. The second kappa shape index (κ2) is 5.96. The van der Waals surface area contributed by atoms with E-state index in [-0.39, 0.29) is 6.61 Å². The lowest BCUT2D eigenvalue weighted by Gasteiger charge is -2.10. The van der Waals surface area contributed by atoms with Gasteiger partial charge in [-0.3, -0.25) is 0 Å². The van der Waals surface area contributed by atoms with Gasteiger partial charge in [0.15, 0.2) is 11.6 Å². The fourth-order valence-electron chi connectivity index (χ4n) is 1.76. The van der Waals surface area contributed by atoms with Crippen LogP contribution in [0.5, 0.6) is 5.75 Å². The van der Waals surface area contributed by atoms with Gasteiger partial charge in [0.2, 0.25) is 0 Å². The molecule has 0 aliphatic carbocycles. The van der Waals surface area contributed by atoms with Gasteiger partial charge in [0.05, 0.1) is 0 Å². The molecule has 0 saturated heterocycles. The fraction of sp³-hybridized carbons (Fsp3) is 0.200. The number of halogens is 3. The number of ether oxygens (including phenoxy) is 1. The third kappa shape index (κ3) is 3.30. The molecule has 0 aliphatic heterocycles. The second-order valence-electron chi connectivity index (χ2n) is 4.51. The maximum Gasteiger partial charge on any atom is 0.159 e. The minimum absolute atomic E-state index is 0.0220. The Morgan fingerprint density at radius 1 is 1.00 bits per heavy atom. The Hall–Kier alpha value is -2.01. The van der Waals surface area contributed by atoms with Crippen LogP contribution in [0.2, 0.25) is 0 Å². The number of hydrogen-bond acceptors (Lipinski definition) is 2. The summed E-state index contributed by atoms with van der Waals surface area (Å²) in [6.45, 7) is 1.70. The predicted octanol–water partition coefficient (Wildman–Crippen LogP) is 3.70. The number of hydrogen-bond donors (Lipinski definition) is 1. The van der Waals surface area contributed by atoms with Crippen molar-refractivity contribution in [2.24, 2.45) is 5.73 Å². The molecule has 2 aromatic carbocycles. The predicted molar refractivity (Wildman–Crippen MR) is 69.7 cm³/mol. The Bertz CT molecular complexity index is 614. The van der Waals surface area contributed by atoms with Crippen LogP contribution in [0, 0.1) is 17.5 Å². The van der Waals surface area contributed by atoms with Crippen molar-refractivity contribution < 1.29 is 17.9 Å². The highest BCUT2D eigenvalue weighted by Gasteiger charge is 2.08. The summed E-state index contributed by atoms with van der Waals surface area (Å²) >= 11 is 0. The van der Waals surface area contributed by atoms with Crippen LogP contribution in [-0.2, 0) is 6.61 Å². The van der Waals surface area contributed by atoms with E-state index in [1.165, 1.54) is 12.1 Å². The van der Waals surface area contributed by atoms with Gasteiger partial charge in [-0.15, -0.1) is 0 Å². The second-order valence-corrected chi connectivity index (χ2v) is 4.51. The molecule has 2 nitrogen and oxygen atoms in total. The van der Waals surface area contributed by atoms with E-state index in [4.69, 9.17) is 10.5 Å². The zero-order chi connectivity index (χ0) is 14.7. The van der Waals surface area contributed by atoms with Crippen LogP contribution in [0.15, 0.2) is 36.4 Å². The number of rotatable bonds is 4. The molecule has 2 aromatic rings. The largest absolute Gasteiger partial charge is 0.489 e. The molecule has 5 heteroatoms. The number of benzene rings is 2. The molecule has 2 rings (SSSR count). The summed E-state index contributed by atoms with van der Waals surface area (Å²) in [6, 6.07) is 7.41. The lowest BCUT2D eigenvalue weighted by Crippen LogP contribution is -2.07. The highest BCUT2D eigenvalue weighted by Crippen LogP contribution is 2.21. The Balaban J connectivity index is 2.07. The summed E-state index contributed by atoms with van der Waals surface area (Å²) in [5, 5.41) is 0. The van der Waals surface area contributed by atoms with Crippen LogP contribution in [0.1, 0.15) is 24.1 Å². The topological polar surface area (TPSA) is 35.2 Å². The first-order valence-electron chi connectivity index (χ1n) is 6.09. The fourth-order valence-corrected chi connectivity index (χ4v) is 1.76. The first-order chi connectivity index (χ1) is 9.47. The molecule has 0 saturated carbocycles. The van der Waals surface area contributed by atoms with Gasteiger partial charge < -0.3 is 10.5 Å². The SMILES string of the molecule is C[C@H](N)c1ccc(OCc2ccc(F)c(F)c2)cc1F. The molecule has 0 aromatic heterocycles. The van der Waals surface area contributed by atoms with Crippen molar-refractivity contribution in [3.05, 3.63) is 65.0 Å². The average Bonchev–Trinajstić information content (AvgIpc) is 2.40. The quantitative estimate of drug-likeness (QED) is 0.927. The van der Waals surface area contributed by atoms with Gasteiger partial charge in [-0.2, -0.15) is 0 Å². The van der Waals surface area contributed by atoms with Crippen LogP contribution in [0.4, 0.5) is 13.2 Å². The monoisotopic (exact) mass is 281 g/mol. The Labute approximate surface area is 115 Å². The molecule has 106 valence electrons. The minimum atomic E-state index is -0.940. The van der Waals surface area contributed by atoms with E-state index in [9.17, 15) is 13.2 Å². The van der Waals surface area contributed by atoms with Crippen molar-refractivity contribution in [3.8, 4) is 5.75 Å². The van der Waals surface area contributed by atoms with Crippen molar-refractivity contribution in [1.29, 1.82) is 0 Å². The third-order valence-corrected chi connectivity index (χ3v) is 2.85. The molecule has 0 fully saturated rings. The van der Waals surface area contributed by atoms with E-state index < -0.39 is 23.5 Å². The zero-order valence-electron chi connectivity index (χ0n) is 10.9. The molecule has 0 bridgehead atoms. The number of nitrogens with two attached hydrogens (primary N) is 1. The van der Waals surface area contributed by atoms with E-state index in [0.717, 1.165) is 12.1 Å². The van der Waals surface area contributed by atoms with Gasteiger partial charge in [-0.25, -0.2) is 13.2 Å². The molecule has 0 spiro atoms. The van der Waals surface area contributed by atoms with Crippen LogP contribution in [-0.4, -0.2) is 0 Å². The average molecular weight is 281 g/mol. The molecule has 0 amide bonds. The van der Waals surface area contributed by atoms with E-state index in [2.05, 4.69) is 0 Å². The summed E-state index contributed by atoms with van der Waals surface area (Å²) < 4.78 is 44.8. The van der Waals surface area contributed by atoms with Gasteiger partial charge in [-0.1, -0.05) is 12.1 Å². The summed E-state index contributed by atoms with van der Waals surface area (Å²) in [4.78, 5) is 0. The van der Waals surface area contributed by atoms with Gasteiger partial charge in [0, 0.05) is 17.7 Å². The molecule has 2 N–H and O–H groups in total. The van der Waals surface area contributed by atoms with E-state index in [0.29, 0.717) is 16.9 Å². The Kier molecular flexibility index (Phi) is 4.29. The smallest absolute Gasteiger partial charge is 0.159 e. The highest BCUT2D eigenvalue weighted by molar-refractivity contribution is 5.31. The van der Waals surface area contributed by atoms with Crippen LogP contribution >= 0.6 is 0 Å². The van der Waals surface area contributed by atoms with Gasteiger partial charge >= 0.3 is 0 Å². The van der Waals surface area contributed by atoms with E-state index in [1.54, 1.807) is 19.1 Å². The molecular formula is C15H14F3NO. The Morgan fingerprint density at radius 2 is 1.75 bits per heavy atom. The van der Waals surface area contributed by atoms with Crippen molar-refractivity contribution in [1.82, 2.24) is 0 Å². The summed E-state index contributed by atoms with van der Waals surface area (Å²) in [7, 11) is 0. The van der Waals surface area contributed by atoms with E-state index >= 15 is 0 Å². The maximum atomic E-state index is 13.7. The molecule has 0 radical (unpaired) electrons. The standard InChI is InChI=1S/C15H14F3NO/c1-9(19)12-4-3-11(7-14(12)17)20-8-10-2-5-13(16)15(18)6-10/h2-7,9H,8,19H2,1H3/t9-/m0/s1. The molecule has 0 unspecified atom stereocenters. The normalized spacial score (nSPS) is 12.2. The van der Waals surface area contributed by atoms with Gasteiger partial charge in [0.25, 0.3) is 0 Å². The molecule has 0 aliphatic rings. The first kappa shape index (κ1) is 14.4. The van der Waals surface area contributed by atoms with Crippen molar-refractivity contribution in [2.75, 3.05) is 0 Å². The van der Waals surface area contributed by atoms with Crippen LogP contribution in [0.3, 0.4) is 0 Å². The maximum absolute atomic E-state index is 13.7. The lowest BCUT2D eigenvalue weighted by atomic mass is 10.1.